The third-order valence-electron chi connectivity index (χ3n) is 3.21. The Hall–Kier alpha value is -1.88. The number of amides is 1. The van der Waals surface area contributed by atoms with E-state index in [1.54, 1.807) is 0 Å². The molecule has 96 valence electrons. The van der Waals surface area contributed by atoms with Gasteiger partial charge in [0.2, 0.25) is 5.91 Å². The minimum atomic E-state index is -0.963. The molecule has 2 rings (SSSR count). The number of aliphatic carboxylic acids is 1. The number of fused-ring (bicyclic) bond motifs is 1. The summed E-state index contributed by atoms with van der Waals surface area (Å²) < 4.78 is 0. The Morgan fingerprint density at radius 2 is 2.00 bits per heavy atom. The van der Waals surface area contributed by atoms with Crippen molar-refractivity contribution in [3.8, 4) is 0 Å². The van der Waals surface area contributed by atoms with Crippen LogP contribution in [0.2, 0.25) is 0 Å². The Morgan fingerprint density at radius 1 is 1.33 bits per heavy atom. The number of hydrogen-bond donors (Lipinski definition) is 2. The molecule has 1 aromatic rings. The Kier molecular flexibility index (Phi) is 3.62. The molecule has 5 heteroatoms. The first kappa shape index (κ1) is 12.6. The number of rotatable bonds is 3. The molecule has 1 atom stereocenters. The van der Waals surface area contributed by atoms with Gasteiger partial charge in [-0.1, -0.05) is 24.3 Å². The minimum Gasteiger partial charge on any atom is -0.480 e. The zero-order chi connectivity index (χ0) is 13.1. The molecule has 5 nitrogen and oxygen atoms in total. The van der Waals surface area contributed by atoms with Crippen LogP contribution in [0.5, 0.6) is 0 Å². The number of benzene rings is 1. The fourth-order valence-electron chi connectivity index (χ4n) is 2.27. The summed E-state index contributed by atoms with van der Waals surface area (Å²) in [6.07, 6.45) is 0.549. The summed E-state index contributed by atoms with van der Waals surface area (Å²) in [6, 6.07) is 6.84. The number of carboxylic acids is 1. The van der Waals surface area contributed by atoms with Gasteiger partial charge in [-0.2, -0.15) is 0 Å². The summed E-state index contributed by atoms with van der Waals surface area (Å²) in [5.41, 5.74) is 7.37. The lowest BCUT2D eigenvalue weighted by atomic mass is 9.93. The fourth-order valence-corrected chi connectivity index (χ4v) is 2.27. The van der Waals surface area contributed by atoms with Crippen molar-refractivity contribution in [2.24, 2.45) is 5.73 Å². The summed E-state index contributed by atoms with van der Waals surface area (Å²) in [4.78, 5) is 24.6. The predicted molar refractivity (Wildman–Crippen MR) is 65.8 cm³/mol. The number of nitrogens with zero attached hydrogens (tertiary/aromatic N) is 1. The fraction of sp³-hybridized carbons (Fsp3) is 0.385. The number of carboxylic acid groups (broad SMARTS) is 1. The van der Waals surface area contributed by atoms with Gasteiger partial charge in [0.1, 0.15) is 6.04 Å². The number of carbonyl (C=O) groups is 2. The van der Waals surface area contributed by atoms with Crippen LogP contribution in [-0.2, 0) is 22.6 Å². The van der Waals surface area contributed by atoms with Crippen molar-refractivity contribution in [2.75, 3.05) is 6.54 Å². The summed E-state index contributed by atoms with van der Waals surface area (Å²) in [6.45, 7) is 0.593. The summed E-state index contributed by atoms with van der Waals surface area (Å²) in [5.74, 6) is -1.16. The highest BCUT2D eigenvalue weighted by molar-refractivity contribution is 5.84. The molecule has 0 spiro atoms. The number of carbonyl (C=O) groups excluding carboxylic acids is 1. The number of nitrogens with two attached hydrogens (primary N) is 1. The molecule has 18 heavy (non-hydrogen) atoms. The quantitative estimate of drug-likeness (QED) is 0.809. The van der Waals surface area contributed by atoms with Gasteiger partial charge in [0, 0.05) is 25.9 Å². The lowest BCUT2D eigenvalue weighted by Gasteiger charge is -2.34. The van der Waals surface area contributed by atoms with Crippen molar-refractivity contribution in [2.45, 2.75) is 25.4 Å². The van der Waals surface area contributed by atoms with Gasteiger partial charge < -0.3 is 15.7 Å². The second-order valence-electron chi connectivity index (χ2n) is 4.39. The first-order chi connectivity index (χ1) is 8.63. The van der Waals surface area contributed by atoms with Crippen LogP contribution in [0, 0.1) is 0 Å². The van der Waals surface area contributed by atoms with Crippen LogP contribution in [0.25, 0.3) is 0 Å². The largest absolute Gasteiger partial charge is 0.480 e. The minimum absolute atomic E-state index is 0.186. The van der Waals surface area contributed by atoms with E-state index in [0.717, 1.165) is 11.1 Å². The van der Waals surface area contributed by atoms with E-state index < -0.39 is 12.0 Å². The molecule has 1 heterocycles. The maximum atomic E-state index is 11.9. The van der Waals surface area contributed by atoms with E-state index in [2.05, 4.69) is 0 Å². The highest BCUT2D eigenvalue weighted by atomic mass is 16.4. The van der Waals surface area contributed by atoms with E-state index in [9.17, 15) is 14.7 Å². The zero-order valence-corrected chi connectivity index (χ0v) is 10.0. The maximum absolute atomic E-state index is 11.9. The molecule has 0 fully saturated rings. The Morgan fingerprint density at radius 3 is 2.61 bits per heavy atom. The van der Waals surface area contributed by atoms with E-state index in [0.29, 0.717) is 13.0 Å². The van der Waals surface area contributed by atoms with Crippen LogP contribution in [-0.4, -0.2) is 34.5 Å². The van der Waals surface area contributed by atoms with E-state index in [1.165, 1.54) is 4.90 Å². The smallest absolute Gasteiger partial charge is 0.326 e. The Balaban J connectivity index is 2.28. The molecule has 1 aliphatic rings. The molecule has 1 amide bonds. The van der Waals surface area contributed by atoms with E-state index >= 15 is 0 Å². The first-order valence-electron chi connectivity index (χ1n) is 5.92. The average Bonchev–Trinajstić information content (AvgIpc) is 2.37. The average molecular weight is 248 g/mol. The van der Waals surface area contributed by atoms with Gasteiger partial charge in [0.25, 0.3) is 0 Å². The van der Waals surface area contributed by atoms with Crippen LogP contribution >= 0.6 is 0 Å². The highest BCUT2D eigenvalue weighted by Gasteiger charge is 2.33. The van der Waals surface area contributed by atoms with Gasteiger partial charge in [-0.05, 0) is 11.1 Å². The maximum Gasteiger partial charge on any atom is 0.326 e. The molecular weight excluding hydrogens is 232 g/mol. The molecule has 0 aliphatic carbocycles. The second kappa shape index (κ2) is 5.18. The molecule has 1 aliphatic heterocycles. The van der Waals surface area contributed by atoms with Crippen LogP contribution in [0.3, 0.4) is 0 Å². The van der Waals surface area contributed by atoms with Crippen molar-refractivity contribution >= 4 is 11.9 Å². The second-order valence-corrected chi connectivity index (χ2v) is 4.39. The molecule has 1 unspecified atom stereocenters. The Labute approximate surface area is 105 Å². The van der Waals surface area contributed by atoms with Crippen LogP contribution in [0.4, 0.5) is 0 Å². The number of hydrogen-bond acceptors (Lipinski definition) is 3. The lowest BCUT2D eigenvalue weighted by Crippen LogP contribution is -2.49. The van der Waals surface area contributed by atoms with E-state index in [1.807, 2.05) is 24.3 Å². The third kappa shape index (κ3) is 2.36. The van der Waals surface area contributed by atoms with E-state index in [-0.39, 0.29) is 18.9 Å². The molecule has 0 aromatic heterocycles. The lowest BCUT2D eigenvalue weighted by molar-refractivity contribution is -0.151. The van der Waals surface area contributed by atoms with Crippen molar-refractivity contribution in [3.63, 3.8) is 0 Å². The molecule has 0 bridgehead atoms. The molecule has 3 N–H and O–H groups in total. The van der Waals surface area contributed by atoms with Gasteiger partial charge >= 0.3 is 5.97 Å². The molecule has 0 radical (unpaired) electrons. The summed E-state index contributed by atoms with van der Waals surface area (Å²) in [7, 11) is 0. The van der Waals surface area contributed by atoms with Crippen LogP contribution < -0.4 is 5.73 Å². The van der Waals surface area contributed by atoms with Crippen molar-refractivity contribution in [3.05, 3.63) is 35.4 Å². The molecule has 1 aromatic carbocycles. The standard InChI is InChI=1S/C13H16N2O3/c14-6-5-12(16)15-8-10-4-2-1-3-9(10)7-11(15)13(17)18/h1-4,11H,5-8,14H2,(H,17,18). The van der Waals surface area contributed by atoms with Crippen molar-refractivity contribution < 1.29 is 14.7 Å². The summed E-state index contributed by atoms with van der Waals surface area (Å²) in [5, 5.41) is 9.23. The topological polar surface area (TPSA) is 83.6 Å². The Bertz CT molecular complexity index is 473. The van der Waals surface area contributed by atoms with Crippen LogP contribution in [0.15, 0.2) is 24.3 Å². The van der Waals surface area contributed by atoms with Gasteiger partial charge in [0.15, 0.2) is 0 Å². The van der Waals surface area contributed by atoms with Crippen molar-refractivity contribution in [1.82, 2.24) is 4.90 Å². The van der Waals surface area contributed by atoms with Gasteiger partial charge in [-0.15, -0.1) is 0 Å². The van der Waals surface area contributed by atoms with Gasteiger partial charge in [0.05, 0.1) is 0 Å². The van der Waals surface area contributed by atoms with Gasteiger partial charge in [-0.3, -0.25) is 4.79 Å². The first-order valence-corrected chi connectivity index (χ1v) is 5.92. The normalized spacial score (nSPS) is 18.3. The predicted octanol–water partition coefficient (Wildman–Crippen LogP) is 0.373. The van der Waals surface area contributed by atoms with Crippen LogP contribution in [0.1, 0.15) is 17.5 Å². The highest BCUT2D eigenvalue weighted by Crippen LogP contribution is 2.23. The van der Waals surface area contributed by atoms with E-state index in [4.69, 9.17) is 5.73 Å². The molecule has 0 saturated carbocycles. The third-order valence-corrected chi connectivity index (χ3v) is 3.21. The monoisotopic (exact) mass is 248 g/mol. The molecule has 0 saturated heterocycles. The zero-order valence-electron chi connectivity index (χ0n) is 10.0. The summed E-state index contributed by atoms with van der Waals surface area (Å²) >= 11 is 0. The SMILES string of the molecule is NCCC(=O)N1Cc2ccccc2CC1C(=O)O. The van der Waals surface area contributed by atoms with Crippen molar-refractivity contribution in [1.29, 1.82) is 0 Å². The molecular formula is C13H16N2O3. The van der Waals surface area contributed by atoms with Gasteiger partial charge in [-0.25, -0.2) is 4.79 Å².